The smallest absolute Gasteiger partial charge is 0.319 e. The van der Waals surface area contributed by atoms with Crippen molar-refractivity contribution in [3.05, 3.63) is 18.3 Å². The lowest BCUT2D eigenvalue weighted by Crippen LogP contribution is -2.34. The van der Waals surface area contributed by atoms with Crippen LogP contribution in [0.25, 0.3) is 0 Å². The van der Waals surface area contributed by atoms with Crippen molar-refractivity contribution in [2.75, 3.05) is 38.3 Å². The van der Waals surface area contributed by atoms with Crippen LogP contribution in [0, 0.1) is 0 Å². The van der Waals surface area contributed by atoms with Crippen LogP contribution in [-0.4, -0.2) is 48.9 Å². The van der Waals surface area contributed by atoms with Crippen molar-refractivity contribution in [3.63, 3.8) is 0 Å². The molecule has 0 aliphatic heterocycles. The Kier molecular flexibility index (Phi) is 6.53. The first-order chi connectivity index (χ1) is 8.61. The zero-order chi connectivity index (χ0) is 13.4. The van der Waals surface area contributed by atoms with Crippen molar-refractivity contribution < 1.29 is 4.79 Å². The number of amides is 2. The number of aromatic nitrogens is 1. The molecular weight excluding hydrogens is 248 g/mol. The molecule has 0 unspecified atom stereocenters. The molecule has 5 nitrogen and oxygen atoms in total. The predicted octanol–water partition coefficient (Wildman–Crippen LogP) is 1.88. The number of urea groups is 1. The summed E-state index contributed by atoms with van der Waals surface area (Å²) in [6.07, 6.45) is 1.67. The summed E-state index contributed by atoms with van der Waals surface area (Å²) in [6.45, 7) is 3.52. The van der Waals surface area contributed by atoms with E-state index in [-0.39, 0.29) is 6.03 Å². The highest BCUT2D eigenvalue weighted by molar-refractivity contribution is 7.99. The molecule has 6 heteroatoms. The largest absolute Gasteiger partial charge is 0.337 e. The van der Waals surface area contributed by atoms with E-state index < -0.39 is 0 Å². The maximum Gasteiger partial charge on any atom is 0.319 e. The van der Waals surface area contributed by atoms with Gasteiger partial charge in [0, 0.05) is 13.1 Å². The molecule has 0 fully saturated rings. The maximum absolute atomic E-state index is 11.5. The van der Waals surface area contributed by atoms with Gasteiger partial charge < -0.3 is 15.5 Å². The monoisotopic (exact) mass is 268 g/mol. The third-order valence-electron chi connectivity index (χ3n) is 2.13. The number of nitrogens with one attached hydrogen (secondary N) is 2. The van der Waals surface area contributed by atoms with E-state index in [1.165, 1.54) is 0 Å². The predicted molar refractivity (Wildman–Crippen MR) is 76.2 cm³/mol. The van der Waals surface area contributed by atoms with Gasteiger partial charge in [-0.05, 0) is 32.0 Å². The fraction of sp³-hybridized carbons (Fsp3) is 0.500. The molecule has 100 valence electrons. The van der Waals surface area contributed by atoms with Crippen LogP contribution in [0.3, 0.4) is 0 Å². The normalized spacial score (nSPS) is 10.4. The maximum atomic E-state index is 11.5. The number of nitrogens with zero attached hydrogens (tertiary/aromatic N) is 2. The Morgan fingerprint density at radius 2 is 2.22 bits per heavy atom. The van der Waals surface area contributed by atoms with Crippen molar-refractivity contribution in [2.24, 2.45) is 0 Å². The van der Waals surface area contributed by atoms with Crippen LogP contribution in [0.4, 0.5) is 10.5 Å². The molecule has 1 heterocycles. The van der Waals surface area contributed by atoms with E-state index in [4.69, 9.17) is 0 Å². The van der Waals surface area contributed by atoms with Gasteiger partial charge in [0.2, 0.25) is 0 Å². The fourth-order valence-electron chi connectivity index (χ4n) is 1.26. The van der Waals surface area contributed by atoms with Gasteiger partial charge in [0.05, 0.1) is 16.9 Å². The summed E-state index contributed by atoms with van der Waals surface area (Å²) in [4.78, 5) is 17.8. The molecule has 2 N–H and O–H groups in total. The molecule has 0 aliphatic rings. The molecule has 1 aromatic heterocycles. The van der Waals surface area contributed by atoms with E-state index in [2.05, 4.69) is 22.5 Å². The van der Waals surface area contributed by atoms with Crippen LogP contribution >= 0.6 is 11.8 Å². The minimum absolute atomic E-state index is 0.199. The lowest BCUT2D eigenvalue weighted by atomic mass is 10.4. The number of hydrogen-bond acceptors (Lipinski definition) is 4. The highest BCUT2D eigenvalue weighted by atomic mass is 32.2. The zero-order valence-corrected chi connectivity index (χ0v) is 11.9. The van der Waals surface area contributed by atoms with Crippen molar-refractivity contribution >= 4 is 23.5 Å². The molecule has 1 aromatic rings. The van der Waals surface area contributed by atoms with E-state index in [0.29, 0.717) is 12.2 Å². The minimum Gasteiger partial charge on any atom is -0.337 e. The van der Waals surface area contributed by atoms with E-state index >= 15 is 0 Å². The Labute approximate surface area is 112 Å². The van der Waals surface area contributed by atoms with Crippen LogP contribution < -0.4 is 10.6 Å². The van der Waals surface area contributed by atoms with Gasteiger partial charge in [-0.3, -0.25) is 0 Å². The minimum atomic E-state index is -0.199. The molecule has 0 saturated heterocycles. The quantitative estimate of drug-likeness (QED) is 0.773. The third kappa shape index (κ3) is 5.88. The molecule has 0 aliphatic carbocycles. The second-order valence-corrected chi connectivity index (χ2v) is 5.29. The SMILES string of the molecule is CCSc1ccc(NC(=O)NCCN(C)C)cn1. The number of carbonyl (C=O) groups excluding carboxylic acids is 1. The van der Waals surface area contributed by atoms with Crippen LogP contribution in [0.1, 0.15) is 6.92 Å². The van der Waals surface area contributed by atoms with Gasteiger partial charge >= 0.3 is 6.03 Å². The summed E-state index contributed by atoms with van der Waals surface area (Å²) in [5.41, 5.74) is 0.706. The molecule has 0 atom stereocenters. The number of carbonyl (C=O) groups is 1. The second kappa shape index (κ2) is 7.94. The lowest BCUT2D eigenvalue weighted by Gasteiger charge is -2.11. The lowest BCUT2D eigenvalue weighted by molar-refractivity contribution is 0.250. The number of pyridine rings is 1. The summed E-state index contributed by atoms with van der Waals surface area (Å²) < 4.78 is 0. The van der Waals surface area contributed by atoms with Crippen LogP contribution in [-0.2, 0) is 0 Å². The van der Waals surface area contributed by atoms with E-state index in [9.17, 15) is 4.79 Å². The number of likely N-dealkylation sites (N-methyl/N-ethyl adjacent to an activating group) is 1. The first-order valence-electron chi connectivity index (χ1n) is 5.90. The van der Waals surface area contributed by atoms with Crippen molar-refractivity contribution in [1.29, 1.82) is 0 Å². The van der Waals surface area contributed by atoms with E-state index in [1.807, 2.05) is 31.1 Å². The molecule has 0 aromatic carbocycles. The second-order valence-electron chi connectivity index (χ2n) is 4.00. The molecule has 1 rings (SSSR count). The van der Waals surface area contributed by atoms with E-state index in [1.54, 1.807) is 18.0 Å². The van der Waals surface area contributed by atoms with E-state index in [0.717, 1.165) is 17.3 Å². The first-order valence-corrected chi connectivity index (χ1v) is 6.89. The Balaban J connectivity index is 2.35. The van der Waals surface area contributed by atoms with Gasteiger partial charge in [-0.1, -0.05) is 6.92 Å². The molecule has 0 radical (unpaired) electrons. The number of anilines is 1. The van der Waals surface area contributed by atoms with Gasteiger partial charge in [0.15, 0.2) is 0 Å². The van der Waals surface area contributed by atoms with Gasteiger partial charge in [-0.15, -0.1) is 11.8 Å². The highest BCUT2D eigenvalue weighted by Crippen LogP contribution is 2.16. The molecular formula is C12H20N4OS. The summed E-state index contributed by atoms with van der Waals surface area (Å²) >= 11 is 1.67. The summed E-state index contributed by atoms with van der Waals surface area (Å²) in [7, 11) is 3.93. The summed E-state index contributed by atoms with van der Waals surface area (Å²) in [5, 5.41) is 6.49. The number of rotatable bonds is 6. The average molecular weight is 268 g/mol. The summed E-state index contributed by atoms with van der Waals surface area (Å²) in [6, 6.07) is 3.56. The Bertz CT molecular complexity index is 367. The van der Waals surface area contributed by atoms with Gasteiger partial charge in [0.25, 0.3) is 0 Å². The first kappa shape index (κ1) is 14.8. The average Bonchev–Trinajstić information content (AvgIpc) is 2.31. The highest BCUT2D eigenvalue weighted by Gasteiger charge is 2.02. The van der Waals surface area contributed by atoms with Crippen molar-refractivity contribution in [1.82, 2.24) is 15.2 Å². The Morgan fingerprint density at radius 3 is 2.78 bits per heavy atom. The zero-order valence-electron chi connectivity index (χ0n) is 11.1. The van der Waals surface area contributed by atoms with Crippen molar-refractivity contribution in [3.8, 4) is 0 Å². The summed E-state index contributed by atoms with van der Waals surface area (Å²) in [5.74, 6) is 0.991. The van der Waals surface area contributed by atoms with Gasteiger partial charge in [-0.2, -0.15) is 0 Å². The van der Waals surface area contributed by atoms with Crippen LogP contribution in [0.15, 0.2) is 23.4 Å². The molecule has 0 saturated carbocycles. The van der Waals surface area contributed by atoms with Crippen LogP contribution in [0.2, 0.25) is 0 Å². The Hall–Kier alpha value is -1.27. The molecule has 0 bridgehead atoms. The molecule has 18 heavy (non-hydrogen) atoms. The third-order valence-corrected chi connectivity index (χ3v) is 2.96. The van der Waals surface area contributed by atoms with Crippen LogP contribution in [0.5, 0.6) is 0 Å². The van der Waals surface area contributed by atoms with Gasteiger partial charge in [0.1, 0.15) is 0 Å². The van der Waals surface area contributed by atoms with Crippen molar-refractivity contribution in [2.45, 2.75) is 11.9 Å². The molecule has 0 spiro atoms. The number of thioether (sulfide) groups is 1. The Morgan fingerprint density at radius 1 is 1.44 bits per heavy atom. The van der Waals surface area contributed by atoms with Gasteiger partial charge in [-0.25, -0.2) is 9.78 Å². The topological polar surface area (TPSA) is 57.3 Å². The number of hydrogen-bond donors (Lipinski definition) is 2. The fourth-order valence-corrected chi connectivity index (χ4v) is 1.84. The molecule has 2 amide bonds. The standard InChI is InChI=1S/C12H20N4OS/c1-4-18-11-6-5-10(9-14-11)15-12(17)13-7-8-16(2)3/h5-6,9H,4,7-8H2,1-3H3,(H2,13,15,17).